The number of furan rings is 1. The molecule has 0 bridgehead atoms. The van der Waals surface area contributed by atoms with E-state index in [-0.39, 0.29) is 6.04 Å². The predicted molar refractivity (Wildman–Crippen MR) is 74.9 cm³/mol. The first-order chi connectivity index (χ1) is 8.58. The van der Waals surface area contributed by atoms with Crippen molar-refractivity contribution >= 4 is 17.3 Å². The van der Waals surface area contributed by atoms with Crippen LogP contribution in [0.3, 0.4) is 0 Å². The Morgan fingerprint density at radius 2 is 2.17 bits per heavy atom. The van der Waals surface area contributed by atoms with Gasteiger partial charge in [0.15, 0.2) is 0 Å². The first kappa shape index (κ1) is 13.0. The van der Waals surface area contributed by atoms with Crippen LogP contribution in [-0.4, -0.2) is 7.05 Å². The van der Waals surface area contributed by atoms with Crippen molar-refractivity contribution in [3.63, 3.8) is 0 Å². The number of nitrogens with zero attached hydrogens (tertiary/aromatic N) is 1. The largest absolute Gasteiger partial charge is 0.467 e. The third-order valence-electron chi connectivity index (χ3n) is 2.89. The number of rotatable bonds is 4. The molecule has 0 saturated heterocycles. The first-order valence-electron chi connectivity index (χ1n) is 5.86. The Kier molecular flexibility index (Phi) is 3.94. The molecule has 0 aliphatic rings. The van der Waals surface area contributed by atoms with Crippen LogP contribution in [0, 0.1) is 0 Å². The quantitative estimate of drug-likeness (QED) is 0.918. The fourth-order valence-electron chi connectivity index (χ4n) is 1.85. The Labute approximate surface area is 112 Å². The number of hydrogen-bond donors (Lipinski definition) is 1. The molecular formula is C14H17ClN2O. The standard InChI is InChI=1S/C14H17ClN2O/c1-10(16)13-6-5-11(8-14(13)15)17(2)9-12-4-3-7-18-12/h3-8,10H,9,16H2,1-2H3. The second kappa shape index (κ2) is 5.46. The zero-order valence-electron chi connectivity index (χ0n) is 10.6. The zero-order valence-corrected chi connectivity index (χ0v) is 11.3. The summed E-state index contributed by atoms with van der Waals surface area (Å²) in [4.78, 5) is 2.08. The molecule has 0 aliphatic heterocycles. The Hall–Kier alpha value is -1.45. The third kappa shape index (κ3) is 2.86. The van der Waals surface area contributed by atoms with Crippen LogP contribution in [0.4, 0.5) is 5.69 Å². The van der Waals surface area contributed by atoms with Crippen LogP contribution < -0.4 is 10.6 Å². The SMILES string of the molecule is CC(N)c1ccc(N(C)Cc2ccco2)cc1Cl. The number of hydrogen-bond acceptors (Lipinski definition) is 3. The van der Waals surface area contributed by atoms with Gasteiger partial charge < -0.3 is 15.1 Å². The van der Waals surface area contributed by atoms with Gasteiger partial charge in [0.25, 0.3) is 0 Å². The van der Waals surface area contributed by atoms with Gasteiger partial charge in [-0.25, -0.2) is 0 Å². The molecule has 1 unspecified atom stereocenters. The molecule has 0 amide bonds. The van der Waals surface area contributed by atoms with Crippen LogP contribution in [0.15, 0.2) is 41.0 Å². The summed E-state index contributed by atoms with van der Waals surface area (Å²) in [6.45, 7) is 2.63. The highest BCUT2D eigenvalue weighted by molar-refractivity contribution is 6.31. The van der Waals surface area contributed by atoms with Crippen molar-refractivity contribution in [1.29, 1.82) is 0 Å². The van der Waals surface area contributed by atoms with Crippen molar-refractivity contribution < 1.29 is 4.42 Å². The summed E-state index contributed by atoms with van der Waals surface area (Å²) in [5.41, 5.74) is 7.84. The van der Waals surface area contributed by atoms with E-state index in [1.54, 1.807) is 6.26 Å². The van der Waals surface area contributed by atoms with Crippen molar-refractivity contribution in [1.82, 2.24) is 0 Å². The van der Waals surface area contributed by atoms with E-state index in [1.807, 2.05) is 44.3 Å². The lowest BCUT2D eigenvalue weighted by Crippen LogP contribution is -2.16. The minimum Gasteiger partial charge on any atom is -0.467 e. The van der Waals surface area contributed by atoms with Crippen LogP contribution >= 0.6 is 11.6 Å². The minimum atomic E-state index is -0.0538. The lowest BCUT2D eigenvalue weighted by Gasteiger charge is -2.19. The van der Waals surface area contributed by atoms with Crippen molar-refractivity contribution in [2.75, 3.05) is 11.9 Å². The highest BCUT2D eigenvalue weighted by Crippen LogP contribution is 2.27. The van der Waals surface area contributed by atoms with Gasteiger partial charge >= 0.3 is 0 Å². The van der Waals surface area contributed by atoms with Gasteiger partial charge in [-0.3, -0.25) is 0 Å². The van der Waals surface area contributed by atoms with Gasteiger partial charge in [0, 0.05) is 23.8 Å². The van der Waals surface area contributed by atoms with Crippen LogP contribution in [0.2, 0.25) is 5.02 Å². The van der Waals surface area contributed by atoms with Crippen molar-refractivity contribution in [3.05, 3.63) is 52.9 Å². The van der Waals surface area contributed by atoms with Gasteiger partial charge in [-0.1, -0.05) is 17.7 Å². The molecule has 1 heterocycles. The zero-order chi connectivity index (χ0) is 13.1. The lowest BCUT2D eigenvalue weighted by molar-refractivity contribution is 0.507. The highest BCUT2D eigenvalue weighted by atomic mass is 35.5. The summed E-state index contributed by atoms with van der Waals surface area (Å²) in [7, 11) is 2.00. The van der Waals surface area contributed by atoms with Crippen LogP contribution in [0.1, 0.15) is 24.3 Å². The molecule has 0 saturated carbocycles. The first-order valence-corrected chi connectivity index (χ1v) is 6.24. The molecule has 1 aromatic carbocycles. The fourth-order valence-corrected chi connectivity index (χ4v) is 2.20. The molecule has 2 rings (SSSR count). The van der Waals surface area contributed by atoms with E-state index in [1.165, 1.54) is 0 Å². The van der Waals surface area contributed by atoms with Gasteiger partial charge in [-0.15, -0.1) is 0 Å². The van der Waals surface area contributed by atoms with Crippen molar-refractivity contribution in [2.24, 2.45) is 5.73 Å². The lowest BCUT2D eigenvalue weighted by atomic mass is 10.1. The Bertz CT molecular complexity index is 509. The molecule has 4 heteroatoms. The molecular weight excluding hydrogens is 248 g/mol. The van der Waals surface area contributed by atoms with Crippen molar-refractivity contribution in [3.8, 4) is 0 Å². The van der Waals surface area contributed by atoms with Gasteiger partial charge in [0.05, 0.1) is 12.8 Å². The van der Waals surface area contributed by atoms with E-state index >= 15 is 0 Å². The molecule has 0 aliphatic carbocycles. The van der Waals surface area contributed by atoms with E-state index in [9.17, 15) is 0 Å². The molecule has 1 atom stereocenters. The van der Waals surface area contributed by atoms with E-state index in [0.29, 0.717) is 11.6 Å². The second-order valence-corrected chi connectivity index (χ2v) is 4.84. The maximum Gasteiger partial charge on any atom is 0.123 e. The fraction of sp³-hybridized carbons (Fsp3) is 0.286. The molecule has 96 valence electrons. The van der Waals surface area contributed by atoms with Gasteiger partial charge in [-0.2, -0.15) is 0 Å². The average Bonchev–Trinajstić information content (AvgIpc) is 2.81. The number of nitrogens with two attached hydrogens (primary N) is 1. The molecule has 3 nitrogen and oxygen atoms in total. The number of benzene rings is 1. The Balaban J connectivity index is 2.16. The van der Waals surface area contributed by atoms with Crippen molar-refractivity contribution in [2.45, 2.75) is 19.5 Å². The average molecular weight is 265 g/mol. The summed E-state index contributed by atoms with van der Waals surface area (Å²) >= 11 is 6.22. The van der Waals surface area contributed by atoms with Gasteiger partial charge in [-0.05, 0) is 36.8 Å². The van der Waals surface area contributed by atoms with E-state index in [2.05, 4.69) is 4.90 Å². The van der Waals surface area contributed by atoms with E-state index in [0.717, 1.165) is 17.0 Å². The summed E-state index contributed by atoms with van der Waals surface area (Å²) in [5.74, 6) is 0.921. The van der Waals surface area contributed by atoms with Crippen LogP contribution in [0.5, 0.6) is 0 Å². The molecule has 0 radical (unpaired) electrons. The maximum absolute atomic E-state index is 6.22. The topological polar surface area (TPSA) is 42.4 Å². The Morgan fingerprint density at radius 3 is 2.72 bits per heavy atom. The minimum absolute atomic E-state index is 0.0538. The summed E-state index contributed by atoms with van der Waals surface area (Å²) in [6.07, 6.45) is 1.68. The molecule has 0 spiro atoms. The maximum atomic E-state index is 6.22. The smallest absolute Gasteiger partial charge is 0.123 e. The number of halogens is 1. The predicted octanol–water partition coefficient (Wildman–Crippen LogP) is 3.59. The van der Waals surface area contributed by atoms with Gasteiger partial charge in [0.1, 0.15) is 5.76 Å². The summed E-state index contributed by atoms with van der Waals surface area (Å²) in [5, 5.41) is 0.703. The summed E-state index contributed by atoms with van der Waals surface area (Å²) < 4.78 is 5.32. The van der Waals surface area contributed by atoms with Crippen LogP contribution in [0.25, 0.3) is 0 Å². The van der Waals surface area contributed by atoms with Crippen LogP contribution in [-0.2, 0) is 6.54 Å². The summed E-state index contributed by atoms with van der Waals surface area (Å²) in [6, 6.07) is 9.71. The molecule has 1 aromatic heterocycles. The normalized spacial score (nSPS) is 12.4. The number of anilines is 1. The second-order valence-electron chi connectivity index (χ2n) is 4.43. The highest BCUT2D eigenvalue weighted by Gasteiger charge is 2.09. The molecule has 2 aromatic rings. The molecule has 0 fully saturated rings. The van der Waals surface area contributed by atoms with Gasteiger partial charge in [0.2, 0.25) is 0 Å². The van der Waals surface area contributed by atoms with E-state index in [4.69, 9.17) is 21.8 Å². The monoisotopic (exact) mass is 264 g/mol. The molecule has 2 N–H and O–H groups in total. The Morgan fingerprint density at radius 1 is 1.39 bits per heavy atom. The third-order valence-corrected chi connectivity index (χ3v) is 3.22. The molecule has 18 heavy (non-hydrogen) atoms. The van der Waals surface area contributed by atoms with E-state index < -0.39 is 0 Å².